The molecule has 0 bridgehead atoms. The van der Waals surface area contributed by atoms with Gasteiger partial charge in [0.15, 0.2) is 0 Å². The standard InChI is InChI=1S/C10H9N3O2/c1-4-2-5-7-6(11-3-12-13(4)7)8(14)10-9(5)15-10/h2-3,8-10,14H,1H3. The number of nitrogens with zero attached hydrogens (tertiary/aromatic N) is 3. The van der Waals surface area contributed by atoms with Gasteiger partial charge in [0.05, 0.1) is 11.2 Å². The molecule has 1 aliphatic heterocycles. The molecule has 15 heavy (non-hydrogen) atoms. The van der Waals surface area contributed by atoms with Crippen molar-refractivity contribution in [2.24, 2.45) is 0 Å². The fraction of sp³-hybridized carbons (Fsp3) is 0.400. The van der Waals surface area contributed by atoms with Crippen molar-refractivity contribution in [3.8, 4) is 0 Å². The highest BCUT2D eigenvalue weighted by molar-refractivity contribution is 5.66. The molecule has 76 valence electrons. The van der Waals surface area contributed by atoms with Crippen LogP contribution in [0.2, 0.25) is 0 Å². The van der Waals surface area contributed by atoms with Crippen LogP contribution < -0.4 is 0 Å². The van der Waals surface area contributed by atoms with E-state index in [9.17, 15) is 5.11 Å². The number of hydrogen-bond donors (Lipinski definition) is 1. The van der Waals surface area contributed by atoms with E-state index < -0.39 is 6.10 Å². The van der Waals surface area contributed by atoms with E-state index in [0.29, 0.717) is 5.69 Å². The molecule has 1 saturated heterocycles. The summed E-state index contributed by atoms with van der Waals surface area (Å²) in [6, 6.07) is 2.06. The quantitative estimate of drug-likeness (QED) is 0.634. The van der Waals surface area contributed by atoms with Crippen LogP contribution in [0, 0.1) is 6.92 Å². The van der Waals surface area contributed by atoms with Crippen molar-refractivity contribution in [2.75, 3.05) is 0 Å². The number of epoxide rings is 1. The van der Waals surface area contributed by atoms with E-state index in [1.54, 1.807) is 0 Å². The first-order valence-corrected chi connectivity index (χ1v) is 4.94. The Balaban J connectivity index is 2.20. The van der Waals surface area contributed by atoms with Crippen LogP contribution in [0.5, 0.6) is 0 Å². The fourth-order valence-electron chi connectivity index (χ4n) is 2.46. The van der Waals surface area contributed by atoms with E-state index in [1.165, 1.54) is 6.33 Å². The van der Waals surface area contributed by atoms with Gasteiger partial charge in [0, 0.05) is 11.3 Å². The minimum atomic E-state index is -0.609. The Kier molecular flexibility index (Phi) is 1.14. The van der Waals surface area contributed by atoms with E-state index in [2.05, 4.69) is 16.1 Å². The van der Waals surface area contributed by atoms with E-state index >= 15 is 0 Å². The molecular weight excluding hydrogens is 194 g/mol. The molecular formula is C10H9N3O2. The van der Waals surface area contributed by atoms with Crippen molar-refractivity contribution in [3.05, 3.63) is 29.3 Å². The number of aryl methyl sites for hydroxylation is 1. The number of hydrogen-bond acceptors (Lipinski definition) is 4. The zero-order valence-electron chi connectivity index (χ0n) is 8.08. The van der Waals surface area contributed by atoms with Crippen LogP contribution in [0.15, 0.2) is 12.4 Å². The normalized spacial score (nSPS) is 31.7. The van der Waals surface area contributed by atoms with Gasteiger partial charge in [-0.15, -0.1) is 0 Å². The van der Waals surface area contributed by atoms with E-state index in [0.717, 1.165) is 16.8 Å². The number of fused-ring (bicyclic) bond motifs is 2. The van der Waals surface area contributed by atoms with Gasteiger partial charge in [0.25, 0.3) is 0 Å². The molecule has 4 rings (SSSR count). The van der Waals surface area contributed by atoms with Gasteiger partial charge in [-0.1, -0.05) is 0 Å². The minimum Gasteiger partial charge on any atom is -0.384 e. The summed E-state index contributed by atoms with van der Waals surface area (Å²) in [7, 11) is 0. The van der Waals surface area contributed by atoms with Crippen molar-refractivity contribution in [2.45, 2.75) is 25.2 Å². The van der Waals surface area contributed by atoms with Gasteiger partial charge in [-0.2, -0.15) is 5.10 Å². The van der Waals surface area contributed by atoms with Gasteiger partial charge < -0.3 is 9.84 Å². The number of rotatable bonds is 0. The summed E-state index contributed by atoms with van der Waals surface area (Å²) in [5, 5.41) is 14.1. The lowest BCUT2D eigenvalue weighted by molar-refractivity contribution is 0.133. The molecule has 0 saturated carbocycles. The van der Waals surface area contributed by atoms with Gasteiger partial charge >= 0.3 is 0 Å². The summed E-state index contributed by atoms with van der Waals surface area (Å²) >= 11 is 0. The van der Waals surface area contributed by atoms with Crippen LogP contribution in [-0.2, 0) is 4.74 Å². The summed E-state index contributed by atoms with van der Waals surface area (Å²) in [6.45, 7) is 1.99. The molecule has 0 radical (unpaired) electrons. The van der Waals surface area contributed by atoms with Crippen molar-refractivity contribution in [3.63, 3.8) is 0 Å². The molecule has 0 amide bonds. The number of aliphatic hydroxyl groups is 1. The topological polar surface area (TPSA) is 63.0 Å². The lowest BCUT2D eigenvalue weighted by atomic mass is 9.98. The molecule has 1 aliphatic carbocycles. The maximum absolute atomic E-state index is 9.96. The largest absolute Gasteiger partial charge is 0.384 e. The molecule has 0 spiro atoms. The van der Waals surface area contributed by atoms with Crippen LogP contribution in [-0.4, -0.2) is 25.8 Å². The van der Waals surface area contributed by atoms with Crippen LogP contribution in [0.4, 0.5) is 0 Å². The fourth-order valence-corrected chi connectivity index (χ4v) is 2.46. The highest BCUT2D eigenvalue weighted by Gasteiger charge is 2.52. The molecule has 2 aromatic heterocycles. The SMILES string of the molecule is Cc1cc2c3c(ncnn13)C(O)C1OC21. The Morgan fingerprint density at radius 1 is 1.53 bits per heavy atom. The van der Waals surface area contributed by atoms with Gasteiger partial charge in [0.1, 0.15) is 24.6 Å². The zero-order valence-corrected chi connectivity index (χ0v) is 8.08. The predicted molar refractivity (Wildman–Crippen MR) is 50.3 cm³/mol. The van der Waals surface area contributed by atoms with E-state index in [-0.39, 0.29) is 12.2 Å². The highest BCUT2D eigenvalue weighted by atomic mass is 16.6. The van der Waals surface area contributed by atoms with Gasteiger partial charge in [-0.25, -0.2) is 9.50 Å². The monoisotopic (exact) mass is 203 g/mol. The van der Waals surface area contributed by atoms with Crippen molar-refractivity contribution >= 4 is 5.52 Å². The van der Waals surface area contributed by atoms with Crippen molar-refractivity contribution < 1.29 is 9.84 Å². The molecule has 3 heterocycles. The maximum atomic E-state index is 9.96. The predicted octanol–water partition coefficient (Wildman–Crippen LogP) is 0.525. The summed E-state index contributed by atoms with van der Waals surface area (Å²) in [4.78, 5) is 4.15. The molecule has 5 nitrogen and oxygen atoms in total. The first-order chi connectivity index (χ1) is 7.27. The summed E-state index contributed by atoms with van der Waals surface area (Å²) in [6.07, 6.45) is 0.813. The number of aromatic nitrogens is 3. The third-order valence-electron chi connectivity index (χ3n) is 3.21. The molecule has 1 N–H and O–H groups in total. The Bertz CT molecular complexity index is 577. The van der Waals surface area contributed by atoms with Gasteiger partial charge in [0.2, 0.25) is 0 Å². The van der Waals surface area contributed by atoms with E-state index in [1.807, 2.05) is 11.4 Å². The summed E-state index contributed by atoms with van der Waals surface area (Å²) in [5.41, 5.74) is 3.76. The van der Waals surface area contributed by atoms with Crippen molar-refractivity contribution in [1.82, 2.24) is 14.6 Å². The Labute approximate surface area is 85.3 Å². The van der Waals surface area contributed by atoms with Crippen molar-refractivity contribution in [1.29, 1.82) is 0 Å². The van der Waals surface area contributed by atoms with Crippen LogP contribution in [0.1, 0.15) is 29.2 Å². The Hall–Kier alpha value is -1.46. The molecule has 2 aromatic rings. The summed E-state index contributed by atoms with van der Waals surface area (Å²) in [5.74, 6) is 0. The lowest BCUT2D eigenvalue weighted by Gasteiger charge is -2.13. The molecule has 5 heteroatoms. The van der Waals surface area contributed by atoms with Crippen LogP contribution >= 0.6 is 0 Å². The first-order valence-electron chi connectivity index (χ1n) is 4.94. The number of aliphatic hydroxyl groups excluding tert-OH is 1. The van der Waals surface area contributed by atoms with Gasteiger partial charge in [-0.05, 0) is 13.0 Å². The minimum absolute atomic E-state index is 0.0437. The number of ether oxygens (including phenoxy) is 1. The third kappa shape index (κ3) is 0.770. The second-order valence-electron chi connectivity index (χ2n) is 4.11. The summed E-state index contributed by atoms with van der Waals surface area (Å²) < 4.78 is 7.26. The third-order valence-corrected chi connectivity index (χ3v) is 3.21. The molecule has 2 aliphatic rings. The maximum Gasteiger partial charge on any atom is 0.136 e. The van der Waals surface area contributed by atoms with Gasteiger partial charge in [-0.3, -0.25) is 0 Å². The van der Waals surface area contributed by atoms with Crippen LogP contribution in [0.3, 0.4) is 0 Å². The average molecular weight is 203 g/mol. The average Bonchev–Trinajstić information content (AvgIpc) is 2.97. The highest BCUT2D eigenvalue weighted by Crippen LogP contribution is 2.52. The van der Waals surface area contributed by atoms with E-state index in [4.69, 9.17) is 4.74 Å². The van der Waals surface area contributed by atoms with Crippen LogP contribution in [0.25, 0.3) is 5.52 Å². The molecule has 3 unspecified atom stereocenters. The second kappa shape index (κ2) is 2.20. The molecule has 0 aromatic carbocycles. The Morgan fingerprint density at radius 2 is 2.40 bits per heavy atom. The lowest BCUT2D eigenvalue weighted by Crippen LogP contribution is -2.15. The smallest absolute Gasteiger partial charge is 0.136 e. The first kappa shape index (κ1) is 7.78. The molecule has 3 atom stereocenters. The Morgan fingerprint density at radius 3 is 3.27 bits per heavy atom. The second-order valence-corrected chi connectivity index (χ2v) is 4.11. The zero-order chi connectivity index (χ0) is 10.2. The molecule has 1 fully saturated rings.